The van der Waals surface area contributed by atoms with Crippen molar-refractivity contribution < 1.29 is 19.4 Å². The SMILES string of the molecule is CC1CN(C(=O)C(=O)O)C(C)CO1. The smallest absolute Gasteiger partial charge is 0.394 e. The minimum atomic E-state index is -1.40. The lowest BCUT2D eigenvalue weighted by Gasteiger charge is -2.35. The number of carbonyl (C=O) groups is 2. The number of carboxylic acids is 1. The quantitative estimate of drug-likeness (QED) is 0.529. The summed E-state index contributed by atoms with van der Waals surface area (Å²) in [6, 6.07) is -0.153. The first-order valence-electron chi connectivity index (χ1n) is 4.18. The second kappa shape index (κ2) is 3.74. The Kier molecular flexibility index (Phi) is 2.87. The molecule has 1 aliphatic rings. The summed E-state index contributed by atoms with van der Waals surface area (Å²) in [5, 5.41) is 8.51. The van der Waals surface area contributed by atoms with Crippen LogP contribution >= 0.6 is 0 Å². The topological polar surface area (TPSA) is 66.8 Å². The number of amides is 1. The highest BCUT2D eigenvalue weighted by molar-refractivity contribution is 6.31. The number of ether oxygens (including phenoxy) is 1. The van der Waals surface area contributed by atoms with Gasteiger partial charge in [-0.3, -0.25) is 4.79 Å². The van der Waals surface area contributed by atoms with E-state index in [-0.39, 0.29) is 12.1 Å². The molecule has 0 aromatic rings. The monoisotopic (exact) mass is 187 g/mol. The summed E-state index contributed by atoms with van der Waals surface area (Å²) in [6.07, 6.45) is -0.0838. The lowest BCUT2D eigenvalue weighted by molar-refractivity contribution is -0.162. The first kappa shape index (κ1) is 9.98. The van der Waals surface area contributed by atoms with Crippen LogP contribution in [0.2, 0.25) is 0 Å². The van der Waals surface area contributed by atoms with Crippen molar-refractivity contribution in [3.63, 3.8) is 0 Å². The molecule has 1 N–H and O–H groups in total. The summed E-state index contributed by atoms with van der Waals surface area (Å²) in [5.41, 5.74) is 0. The summed E-state index contributed by atoms with van der Waals surface area (Å²) in [4.78, 5) is 22.9. The predicted octanol–water partition coefficient (Wildman–Crippen LogP) is -0.293. The van der Waals surface area contributed by atoms with Gasteiger partial charge < -0.3 is 14.7 Å². The fourth-order valence-electron chi connectivity index (χ4n) is 1.31. The standard InChI is InChI=1S/C8H13NO4/c1-5-4-13-6(2)3-9(5)7(10)8(11)12/h5-6H,3-4H2,1-2H3,(H,11,12). The molecule has 1 fully saturated rings. The van der Waals surface area contributed by atoms with Crippen LogP contribution in [0.4, 0.5) is 0 Å². The van der Waals surface area contributed by atoms with E-state index in [0.29, 0.717) is 13.2 Å². The Morgan fingerprint density at radius 3 is 2.62 bits per heavy atom. The number of hydrogen-bond donors (Lipinski definition) is 1. The lowest BCUT2D eigenvalue weighted by atomic mass is 10.2. The third-order valence-electron chi connectivity index (χ3n) is 2.05. The Bertz CT molecular complexity index is 228. The largest absolute Gasteiger partial charge is 0.474 e. The second-order valence-corrected chi connectivity index (χ2v) is 3.26. The van der Waals surface area contributed by atoms with Crippen molar-refractivity contribution in [3.05, 3.63) is 0 Å². The van der Waals surface area contributed by atoms with Crippen LogP contribution in [0, 0.1) is 0 Å². The maximum absolute atomic E-state index is 11.1. The number of nitrogens with zero attached hydrogens (tertiary/aromatic N) is 1. The van der Waals surface area contributed by atoms with Crippen LogP contribution in [0.3, 0.4) is 0 Å². The van der Waals surface area contributed by atoms with Gasteiger partial charge in [-0.1, -0.05) is 0 Å². The van der Waals surface area contributed by atoms with E-state index in [0.717, 1.165) is 0 Å². The van der Waals surface area contributed by atoms with Gasteiger partial charge in [0, 0.05) is 6.54 Å². The molecular formula is C8H13NO4. The highest BCUT2D eigenvalue weighted by Crippen LogP contribution is 2.11. The fourth-order valence-corrected chi connectivity index (χ4v) is 1.31. The van der Waals surface area contributed by atoms with Crippen molar-refractivity contribution in [1.29, 1.82) is 0 Å². The summed E-state index contributed by atoms with van der Waals surface area (Å²) in [6.45, 7) is 4.34. The van der Waals surface area contributed by atoms with Gasteiger partial charge in [0.1, 0.15) is 0 Å². The average molecular weight is 187 g/mol. The summed E-state index contributed by atoms with van der Waals surface area (Å²) in [7, 11) is 0. The zero-order valence-corrected chi connectivity index (χ0v) is 7.69. The molecule has 5 heteroatoms. The Morgan fingerprint density at radius 2 is 2.08 bits per heavy atom. The van der Waals surface area contributed by atoms with Gasteiger partial charge >= 0.3 is 11.9 Å². The molecule has 0 aromatic carbocycles. The average Bonchev–Trinajstić information content (AvgIpc) is 2.08. The molecule has 0 aliphatic carbocycles. The van der Waals surface area contributed by atoms with E-state index in [1.807, 2.05) is 6.92 Å². The molecule has 74 valence electrons. The number of carboxylic acid groups (broad SMARTS) is 1. The molecule has 5 nitrogen and oxygen atoms in total. The number of hydrogen-bond acceptors (Lipinski definition) is 3. The maximum Gasteiger partial charge on any atom is 0.394 e. The van der Waals surface area contributed by atoms with Crippen LogP contribution in [0.25, 0.3) is 0 Å². The number of aliphatic carboxylic acids is 1. The summed E-state index contributed by atoms with van der Waals surface area (Å²) in [5.74, 6) is -2.25. The molecule has 0 spiro atoms. The van der Waals surface area contributed by atoms with Crippen LogP contribution in [0.1, 0.15) is 13.8 Å². The number of morpholine rings is 1. The van der Waals surface area contributed by atoms with Gasteiger partial charge in [-0.05, 0) is 13.8 Å². The normalized spacial score (nSPS) is 28.6. The van der Waals surface area contributed by atoms with Crippen molar-refractivity contribution in [2.75, 3.05) is 13.2 Å². The highest BCUT2D eigenvalue weighted by Gasteiger charge is 2.30. The van der Waals surface area contributed by atoms with Crippen LogP contribution in [0.5, 0.6) is 0 Å². The fraction of sp³-hybridized carbons (Fsp3) is 0.750. The van der Waals surface area contributed by atoms with Gasteiger partial charge in [-0.25, -0.2) is 4.79 Å². The first-order valence-corrected chi connectivity index (χ1v) is 4.18. The maximum atomic E-state index is 11.1. The molecule has 13 heavy (non-hydrogen) atoms. The Morgan fingerprint density at radius 1 is 1.46 bits per heavy atom. The van der Waals surface area contributed by atoms with Gasteiger partial charge in [0.05, 0.1) is 18.8 Å². The molecule has 1 rings (SSSR count). The van der Waals surface area contributed by atoms with E-state index in [1.54, 1.807) is 6.92 Å². The van der Waals surface area contributed by atoms with E-state index in [9.17, 15) is 9.59 Å². The summed E-state index contributed by atoms with van der Waals surface area (Å²) < 4.78 is 5.26. The molecule has 1 saturated heterocycles. The van der Waals surface area contributed by atoms with Gasteiger partial charge in [0.2, 0.25) is 0 Å². The molecule has 0 radical (unpaired) electrons. The Balaban J connectivity index is 2.65. The Labute approximate surface area is 76.3 Å². The van der Waals surface area contributed by atoms with Crippen LogP contribution in [-0.4, -0.2) is 47.2 Å². The van der Waals surface area contributed by atoms with E-state index in [2.05, 4.69) is 0 Å². The predicted molar refractivity (Wildman–Crippen MR) is 44.2 cm³/mol. The zero-order chi connectivity index (χ0) is 10.0. The van der Waals surface area contributed by atoms with E-state index < -0.39 is 11.9 Å². The van der Waals surface area contributed by atoms with Crippen molar-refractivity contribution in [2.45, 2.75) is 26.0 Å². The van der Waals surface area contributed by atoms with Gasteiger partial charge in [-0.2, -0.15) is 0 Å². The molecule has 1 heterocycles. The third kappa shape index (κ3) is 2.18. The van der Waals surface area contributed by atoms with E-state index in [4.69, 9.17) is 9.84 Å². The first-order chi connectivity index (χ1) is 6.02. The van der Waals surface area contributed by atoms with Crippen molar-refractivity contribution >= 4 is 11.9 Å². The highest BCUT2D eigenvalue weighted by atomic mass is 16.5. The molecule has 2 atom stereocenters. The van der Waals surface area contributed by atoms with Crippen molar-refractivity contribution in [1.82, 2.24) is 4.90 Å². The summed E-state index contributed by atoms with van der Waals surface area (Å²) >= 11 is 0. The minimum absolute atomic E-state index is 0.0838. The second-order valence-electron chi connectivity index (χ2n) is 3.26. The zero-order valence-electron chi connectivity index (χ0n) is 7.69. The molecule has 0 bridgehead atoms. The lowest BCUT2D eigenvalue weighted by Crippen LogP contribution is -2.52. The van der Waals surface area contributed by atoms with E-state index in [1.165, 1.54) is 4.90 Å². The number of rotatable bonds is 0. The molecule has 0 saturated carbocycles. The molecule has 1 amide bonds. The van der Waals surface area contributed by atoms with Crippen molar-refractivity contribution in [2.24, 2.45) is 0 Å². The van der Waals surface area contributed by atoms with Crippen LogP contribution in [0.15, 0.2) is 0 Å². The van der Waals surface area contributed by atoms with Crippen LogP contribution in [-0.2, 0) is 14.3 Å². The van der Waals surface area contributed by atoms with Gasteiger partial charge in [0.25, 0.3) is 0 Å². The molecule has 2 unspecified atom stereocenters. The van der Waals surface area contributed by atoms with Gasteiger partial charge in [-0.15, -0.1) is 0 Å². The van der Waals surface area contributed by atoms with Crippen molar-refractivity contribution in [3.8, 4) is 0 Å². The molecule has 1 aliphatic heterocycles. The van der Waals surface area contributed by atoms with Crippen LogP contribution < -0.4 is 0 Å². The number of carbonyl (C=O) groups excluding carboxylic acids is 1. The van der Waals surface area contributed by atoms with Gasteiger partial charge in [0.15, 0.2) is 0 Å². The minimum Gasteiger partial charge on any atom is -0.474 e. The Hall–Kier alpha value is -1.10. The third-order valence-corrected chi connectivity index (χ3v) is 2.05. The molecular weight excluding hydrogens is 174 g/mol. The molecule has 0 aromatic heterocycles. The van der Waals surface area contributed by atoms with E-state index >= 15 is 0 Å².